The van der Waals surface area contributed by atoms with Crippen molar-refractivity contribution in [2.24, 2.45) is 0 Å². The number of hydrogen-bond acceptors (Lipinski definition) is 3. The van der Waals surface area contributed by atoms with E-state index in [4.69, 9.17) is 4.74 Å². The Morgan fingerprint density at radius 2 is 2.00 bits per heavy atom. The van der Waals surface area contributed by atoms with E-state index in [-0.39, 0.29) is 5.56 Å². The van der Waals surface area contributed by atoms with Crippen molar-refractivity contribution >= 4 is 6.09 Å². The summed E-state index contributed by atoms with van der Waals surface area (Å²) >= 11 is 0. The number of carbonyl (C=O) groups is 1. The van der Waals surface area contributed by atoms with Gasteiger partial charge in [0.15, 0.2) is 11.6 Å². The van der Waals surface area contributed by atoms with Gasteiger partial charge in [-0.3, -0.25) is 0 Å². The molecule has 1 atom stereocenters. The summed E-state index contributed by atoms with van der Waals surface area (Å²) in [6.45, 7) is 4.62. The van der Waals surface area contributed by atoms with E-state index in [1.54, 1.807) is 20.8 Å². The van der Waals surface area contributed by atoms with Crippen LogP contribution in [0, 0.1) is 11.6 Å². The Morgan fingerprint density at radius 3 is 2.47 bits per heavy atom. The van der Waals surface area contributed by atoms with Gasteiger partial charge in [-0.15, -0.1) is 0 Å². The molecular weight excluding hydrogens is 256 g/mol. The first-order valence-corrected chi connectivity index (χ1v) is 5.78. The predicted molar refractivity (Wildman–Crippen MR) is 65.6 cm³/mol. The standard InChI is InChI=1S/C13H17F2NO3/c1-13(2,3)19-12(18)16-11(7-17)8-4-5-9(14)10(15)6-8/h4-6,11,17H,7H2,1-3H3,(H,16,18)/t11-/m1/s1. The monoisotopic (exact) mass is 273 g/mol. The molecule has 0 saturated heterocycles. The molecular formula is C13H17F2NO3. The van der Waals surface area contributed by atoms with Gasteiger partial charge in [0.25, 0.3) is 0 Å². The van der Waals surface area contributed by atoms with Crippen molar-refractivity contribution in [1.82, 2.24) is 5.32 Å². The molecule has 2 N–H and O–H groups in total. The molecule has 19 heavy (non-hydrogen) atoms. The summed E-state index contributed by atoms with van der Waals surface area (Å²) in [7, 11) is 0. The van der Waals surface area contributed by atoms with E-state index < -0.39 is 36.0 Å². The van der Waals surface area contributed by atoms with Crippen LogP contribution in [0.5, 0.6) is 0 Å². The summed E-state index contributed by atoms with van der Waals surface area (Å²) in [6.07, 6.45) is -0.740. The van der Waals surface area contributed by atoms with E-state index >= 15 is 0 Å². The van der Waals surface area contributed by atoms with Crippen LogP contribution >= 0.6 is 0 Å². The predicted octanol–water partition coefficient (Wildman–Crippen LogP) is 2.52. The molecule has 0 aliphatic rings. The number of alkyl carbamates (subject to hydrolysis) is 1. The number of aliphatic hydroxyl groups excluding tert-OH is 1. The Bertz CT molecular complexity index is 458. The first-order chi connectivity index (χ1) is 8.73. The van der Waals surface area contributed by atoms with E-state index in [0.29, 0.717) is 0 Å². The minimum absolute atomic E-state index is 0.257. The van der Waals surface area contributed by atoms with Crippen molar-refractivity contribution in [1.29, 1.82) is 0 Å². The molecule has 0 radical (unpaired) electrons. The summed E-state index contributed by atoms with van der Waals surface area (Å²) in [6, 6.07) is 2.29. The van der Waals surface area contributed by atoms with Gasteiger partial charge in [-0.1, -0.05) is 6.07 Å². The highest BCUT2D eigenvalue weighted by Crippen LogP contribution is 2.17. The molecule has 1 amide bonds. The lowest BCUT2D eigenvalue weighted by atomic mass is 10.1. The van der Waals surface area contributed by atoms with Crippen LogP contribution in [0.4, 0.5) is 13.6 Å². The molecule has 0 heterocycles. The lowest BCUT2D eigenvalue weighted by molar-refractivity contribution is 0.0481. The van der Waals surface area contributed by atoms with Gasteiger partial charge < -0.3 is 15.2 Å². The minimum atomic E-state index is -1.04. The highest BCUT2D eigenvalue weighted by molar-refractivity contribution is 5.68. The van der Waals surface area contributed by atoms with Crippen LogP contribution in [0.15, 0.2) is 18.2 Å². The second-order valence-corrected chi connectivity index (χ2v) is 5.05. The second kappa shape index (κ2) is 5.97. The number of rotatable bonds is 3. The first-order valence-electron chi connectivity index (χ1n) is 5.78. The summed E-state index contributed by atoms with van der Waals surface area (Å²) in [5.41, 5.74) is -0.426. The van der Waals surface area contributed by atoms with E-state index in [2.05, 4.69) is 5.32 Å². The van der Waals surface area contributed by atoms with Crippen molar-refractivity contribution in [3.05, 3.63) is 35.4 Å². The largest absolute Gasteiger partial charge is 0.444 e. The summed E-state index contributed by atoms with van der Waals surface area (Å²) in [5, 5.41) is 11.6. The fourth-order valence-electron chi connectivity index (χ4n) is 1.41. The van der Waals surface area contributed by atoms with Crippen LogP contribution in [-0.4, -0.2) is 23.4 Å². The number of carbonyl (C=O) groups excluding carboxylic acids is 1. The van der Waals surface area contributed by atoms with Gasteiger partial charge in [-0.05, 0) is 38.5 Å². The fraction of sp³-hybridized carbons (Fsp3) is 0.462. The van der Waals surface area contributed by atoms with Gasteiger partial charge in [0.05, 0.1) is 12.6 Å². The second-order valence-electron chi connectivity index (χ2n) is 5.05. The molecule has 6 heteroatoms. The highest BCUT2D eigenvalue weighted by Gasteiger charge is 2.20. The zero-order chi connectivity index (χ0) is 14.6. The third-order valence-electron chi connectivity index (χ3n) is 2.22. The van der Waals surface area contributed by atoms with Crippen LogP contribution < -0.4 is 5.32 Å². The highest BCUT2D eigenvalue weighted by atomic mass is 19.2. The molecule has 0 aromatic heterocycles. The normalized spacial score (nSPS) is 12.9. The molecule has 0 fully saturated rings. The van der Waals surface area contributed by atoms with Crippen LogP contribution in [-0.2, 0) is 4.74 Å². The third-order valence-corrected chi connectivity index (χ3v) is 2.22. The molecule has 1 aromatic carbocycles. The summed E-state index contributed by atoms with van der Waals surface area (Å²) < 4.78 is 30.9. The number of nitrogens with one attached hydrogen (secondary N) is 1. The average molecular weight is 273 g/mol. The van der Waals surface area contributed by atoms with Gasteiger partial charge in [0.1, 0.15) is 5.60 Å². The van der Waals surface area contributed by atoms with Crippen LogP contribution in [0.25, 0.3) is 0 Å². The third kappa shape index (κ3) is 4.82. The maximum absolute atomic E-state index is 13.1. The van der Waals surface area contributed by atoms with E-state index in [0.717, 1.165) is 12.1 Å². The molecule has 4 nitrogen and oxygen atoms in total. The molecule has 0 aliphatic heterocycles. The smallest absolute Gasteiger partial charge is 0.408 e. The van der Waals surface area contributed by atoms with Crippen LogP contribution in [0.1, 0.15) is 32.4 Å². The molecule has 1 rings (SSSR count). The fourth-order valence-corrected chi connectivity index (χ4v) is 1.41. The van der Waals surface area contributed by atoms with Crippen molar-refractivity contribution in [3.63, 3.8) is 0 Å². The SMILES string of the molecule is CC(C)(C)OC(=O)N[C@H](CO)c1ccc(F)c(F)c1. The van der Waals surface area contributed by atoms with Crippen LogP contribution in [0.3, 0.4) is 0 Å². The number of ether oxygens (including phenoxy) is 1. The maximum Gasteiger partial charge on any atom is 0.408 e. The van der Waals surface area contributed by atoms with Gasteiger partial charge >= 0.3 is 6.09 Å². The Hall–Kier alpha value is -1.69. The zero-order valence-electron chi connectivity index (χ0n) is 11.0. The van der Waals surface area contributed by atoms with E-state index in [1.807, 2.05) is 0 Å². The van der Waals surface area contributed by atoms with E-state index in [1.165, 1.54) is 6.07 Å². The van der Waals surface area contributed by atoms with Gasteiger partial charge in [0, 0.05) is 0 Å². The Kier molecular flexibility index (Phi) is 4.83. The molecule has 1 aromatic rings. The number of amides is 1. The van der Waals surface area contributed by atoms with E-state index in [9.17, 15) is 18.7 Å². The van der Waals surface area contributed by atoms with Gasteiger partial charge in [-0.25, -0.2) is 13.6 Å². The summed E-state index contributed by atoms with van der Waals surface area (Å²) in [4.78, 5) is 11.5. The lowest BCUT2D eigenvalue weighted by Gasteiger charge is -2.23. The van der Waals surface area contributed by atoms with Gasteiger partial charge in [0.2, 0.25) is 0 Å². The van der Waals surface area contributed by atoms with Crippen molar-refractivity contribution < 1.29 is 23.4 Å². The molecule has 0 aliphatic carbocycles. The minimum Gasteiger partial charge on any atom is -0.444 e. The average Bonchev–Trinajstić information content (AvgIpc) is 2.27. The topological polar surface area (TPSA) is 58.6 Å². The van der Waals surface area contributed by atoms with Crippen molar-refractivity contribution in [3.8, 4) is 0 Å². The molecule has 0 unspecified atom stereocenters. The Morgan fingerprint density at radius 1 is 1.37 bits per heavy atom. The quantitative estimate of drug-likeness (QED) is 0.889. The van der Waals surface area contributed by atoms with Crippen molar-refractivity contribution in [2.45, 2.75) is 32.4 Å². The number of benzene rings is 1. The number of halogens is 2. The molecule has 106 valence electrons. The number of hydrogen-bond donors (Lipinski definition) is 2. The Labute approximate surface area is 110 Å². The lowest BCUT2D eigenvalue weighted by Crippen LogP contribution is -2.36. The molecule has 0 spiro atoms. The maximum atomic E-state index is 13.1. The molecule has 0 saturated carbocycles. The number of aliphatic hydroxyl groups is 1. The zero-order valence-corrected chi connectivity index (χ0v) is 11.0. The van der Waals surface area contributed by atoms with Gasteiger partial charge in [-0.2, -0.15) is 0 Å². The summed E-state index contributed by atoms with van der Waals surface area (Å²) in [5.74, 6) is -2.03. The van der Waals surface area contributed by atoms with Crippen LogP contribution in [0.2, 0.25) is 0 Å². The van der Waals surface area contributed by atoms with Crippen molar-refractivity contribution in [2.75, 3.05) is 6.61 Å². The Balaban J connectivity index is 2.78. The first kappa shape index (κ1) is 15.4. The molecule has 0 bridgehead atoms.